The number of carbonyl (C=O) groups is 1. The van der Waals surface area contributed by atoms with E-state index < -0.39 is 5.91 Å². The van der Waals surface area contributed by atoms with Crippen LogP contribution in [-0.2, 0) is 11.8 Å². The van der Waals surface area contributed by atoms with Gasteiger partial charge in [0.05, 0.1) is 0 Å². The van der Waals surface area contributed by atoms with Gasteiger partial charge in [-0.05, 0) is 54.3 Å². The molecule has 0 aliphatic heterocycles. The van der Waals surface area contributed by atoms with E-state index in [1.807, 2.05) is 0 Å². The minimum absolute atomic E-state index is 0.163. The first kappa shape index (κ1) is 19.9. The van der Waals surface area contributed by atoms with Gasteiger partial charge in [-0.15, -0.1) is 0 Å². The highest BCUT2D eigenvalue weighted by molar-refractivity contribution is 5.85. The van der Waals surface area contributed by atoms with Crippen molar-refractivity contribution in [1.82, 2.24) is 9.79 Å². The van der Waals surface area contributed by atoms with E-state index >= 15 is 0 Å². The molecule has 3 aromatic rings. The molecule has 0 unspecified atom stereocenters. The summed E-state index contributed by atoms with van der Waals surface area (Å²) in [6, 6.07) is 17.1. The number of anilines is 1. The minimum atomic E-state index is -0.662. The molecule has 2 aromatic carbocycles. The van der Waals surface area contributed by atoms with Crippen LogP contribution in [0.4, 0.5) is 5.69 Å². The van der Waals surface area contributed by atoms with Crippen molar-refractivity contribution >= 4 is 22.5 Å². The molecular weight excluding hydrogens is 354 g/mol. The number of nitrogens with one attached hydrogen (secondary N) is 1. The number of aromatic nitrogens is 1. The van der Waals surface area contributed by atoms with Crippen molar-refractivity contribution in [2.24, 2.45) is 7.05 Å². The van der Waals surface area contributed by atoms with Crippen LogP contribution < -0.4 is 5.32 Å². The Kier molecular flexibility index (Phi) is 6.68. The quantitative estimate of drug-likeness (QED) is 0.282. The van der Waals surface area contributed by atoms with Crippen LogP contribution in [0.1, 0.15) is 32.1 Å². The number of carbonyl (C=O) groups excluding carboxylic acids is 1. The maximum Gasteiger partial charge on any atom is 0.273 e. The van der Waals surface area contributed by atoms with E-state index in [-0.39, 0.29) is 11.6 Å². The van der Waals surface area contributed by atoms with Crippen LogP contribution in [0.25, 0.3) is 22.0 Å². The fourth-order valence-corrected chi connectivity index (χ4v) is 3.33. The van der Waals surface area contributed by atoms with Gasteiger partial charge in [-0.2, -0.15) is 0 Å². The van der Waals surface area contributed by atoms with Crippen LogP contribution in [0, 0.1) is 0 Å². The smallest absolute Gasteiger partial charge is 0.273 e. The molecule has 0 saturated heterocycles. The molecule has 0 aliphatic carbocycles. The van der Waals surface area contributed by atoms with Gasteiger partial charge in [-0.3, -0.25) is 15.2 Å². The zero-order valence-electron chi connectivity index (χ0n) is 16.1. The van der Waals surface area contributed by atoms with Crippen LogP contribution in [0.5, 0.6) is 0 Å². The molecule has 148 valence electrons. The molecule has 28 heavy (non-hydrogen) atoms. The minimum Gasteiger partial charge on any atom is -0.385 e. The molecule has 3 N–H and O–H groups in total. The van der Waals surface area contributed by atoms with Crippen molar-refractivity contribution in [3.63, 3.8) is 0 Å². The lowest BCUT2D eigenvalue weighted by atomic mass is 10.0. The van der Waals surface area contributed by atoms with Crippen LogP contribution in [0.2, 0.25) is 0 Å². The molecule has 1 heterocycles. The van der Waals surface area contributed by atoms with Crippen LogP contribution in [0.15, 0.2) is 54.7 Å². The Morgan fingerprint density at radius 2 is 1.68 bits per heavy atom. The molecule has 0 bridgehead atoms. The van der Waals surface area contributed by atoms with Gasteiger partial charge in [0.2, 0.25) is 0 Å². The predicted molar refractivity (Wildman–Crippen MR) is 110 cm³/mol. The summed E-state index contributed by atoms with van der Waals surface area (Å²) in [6.07, 6.45) is 5.79. The highest BCUT2D eigenvalue weighted by Crippen LogP contribution is 2.26. The first-order valence-corrected chi connectivity index (χ1v) is 9.65. The summed E-state index contributed by atoms with van der Waals surface area (Å²) in [6.45, 7) is 0.870. The Bertz CT molecular complexity index is 916. The van der Waals surface area contributed by atoms with Gasteiger partial charge in [0, 0.05) is 42.8 Å². The summed E-state index contributed by atoms with van der Waals surface area (Å²) in [5.74, 6) is -0.662. The molecule has 0 spiro atoms. The number of aryl methyl sites for hydroxylation is 1. The first-order chi connectivity index (χ1) is 13.5. The molecule has 0 atom stereocenters. The summed E-state index contributed by atoms with van der Waals surface area (Å²) < 4.78 is 2.12. The van der Waals surface area contributed by atoms with Crippen molar-refractivity contribution in [2.45, 2.75) is 32.1 Å². The number of hydrogen-bond acceptors (Lipinski definition) is 4. The lowest BCUT2D eigenvalue weighted by Gasteiger charge is -2.09. The number of hydrogen-bond donors (Lipinski definition) is 3. The summed E-state index contributed by atoms with van der Waals surface area (Å²) in [4.78, 5) is 11.0. The van der Waals surface area contributed by atoms with E-state index in [4.69, 9.17) is 10.4 Å². The SMILES string of the molecule is Cn1ccc2cc(-c3ccc(NCCCCCCC(=O)N(O)O)cc3)ccc21. The molecule has 6 nitrogen and oxygen atoms in total. The average molecular weight is 381 g/mol. The van der Waals surface area contributed by atoms with E-state index in [0.29, 0.717) is 6.42 Å². The first-order valence-electron chi connectivity index (χ1n) is 9.65. The maximum atomic E-state index is 11.0. The number of benzene rings is 2. The molecule has 0 aliphatic rings. The summed E-state index contributed by atoms with van der Waals surface area (Å²) in [5.41, 5.74) is 4.74. The number of fused-ring (bicyclic) bond motifs is 1. The monoisotopic (exact) mass is 381 g/mol. The fourth-order valence-electron chi connectivity index (χ4n) is 3.33. The Labute approximate surface area is 164 Å². The van der Waals surface area contributed by atoms with Crippen molar-refractivity contribution in [1.29, 1.82) is 0 Å². The van der Waals surface area contributed by atoms with Crippen LogP contribution >= 0.6 is 0 Å². The molecular formula is C22H27N3O3. The number of hydroxylamine groups is 2. The third-order valence-electron chi connectivity index (χ3n) is 4.97. The van der Waals surface area contributed by atoms with Gasteiger partial charge < -0.3 is 9.88 Å². The second-order valence-corrected chi connectivity index (χ2v) is 7.05. The molecule has 1 amide bonds. The predicted octanol–water partition coefficient (Wildman–Crippen LogP) is 4.81. The molecule has 0 saturated carbocycles. The summed E-state index contributed by atoms with van der Waals surface area (Å²) in [7, 11) is 2.06. The van der Waals surface area contributed by atoms with Crippen molar-refractivity contribution in [3.8, 4) is 11.1 Å². The lowest BCUT2D eigenvalue weighted by molar-refractivity contribution is -0.285. The standard InChI is InChI=1S/C22H27N3O3/c1-24-15-13-19-16-18(9-12-21(19)24)17-7-10-20(11-8-17)23-14-5-3-2-4-6-22(26)25(27)28/h7-13,15-16,23,27-28H,2-6,14H2,1H3. The normalized spacial score (nSPS) is 11.0. The largest absolute Gasteiger partial charge is 0.385 e. The number of nitrogens with zero attached hydrogens (tertiary/aromatic N) is 2. The summed E-state index contributed by atoms with van der Waals surface area (Å²) >= 11 is 0. The zero-order valence-corrected chi connectivity index (χ0v) is 16.1. The Hall–Kier alpha value is -2.83. The molecule has 3 rings (SSSR count). The molecule has 6 heteroatoms. The topological polar surface area (TPSA) is 77.7 Å². The van der Waals surface area contributed by atoms with Crippen molar-refractivity contribution < 1.29 is 15.2 Å². The van der Waals surface area contributed by atoms with Gasteiger partial charge in [0.25, 0.3) is 5.91 Å². The van der Waals surface area contributed by atoms with Crippen LogP contribution in [-0.4, -0.2) is 32.7 Å². The lowest BCUT2D eigenvalue weighted by Crippen LogP contribution is -2.22. The van der Waals surface area contributed by atoms with Crippen LogP contribution in [0.3, 0.4) is 0 Å². The highest BCUT2D eigenvalue weighted by Gasteiger charge is 2.06. The third-order valence-corrected chi connectivity index (χ3v) is 4.97. The van der Waals surface area contributed by atoms with Crippen molar-refractivity contribution in [2.75, 3.05) is 11.9 Å². The zero-order chi connectivity index (χ0) is 19.9. The highest BCUT2D eigenvalue weighted by atomic mass is 16.8. The Morgan fingerprint density at radius 1 is 0.964 bits per heavy atom. The maximum absolute atomic E-state index is 11.0. The van der Waals surface area contributed by atoms with Gasteiger partial charge in [0.1, 0.15) is 0 Å². The Morgan fingerprint density at radius 3 is 2.43 bits per heavy atom. The fraction of sp³-hybridized carbons (Fsp3) is 0.318. The molecule has 0 fully saturated rings. The van der Waals surface area contributed by atoms with Gasteiger partial charge in [-0.25, -0.2) is 0 Å². The van der Waals surface area contributed by atoms with Gasteiger partial charge in [-0.1, -0.05) is 36.3 Å². The summed E-state index contributed by atoms with van der Waals surface area (Å²) in [5, 5.41) is 21.4. The second-order valence-electron chi connectivity index (χ2n) is 7.05. The second kappa shape index (κ2) is 9.39. The average Bonchev–Trinajstić information content (AvgIpc) is 3.07. The third kappa shape index (κ3) is 5.12. The molecule has 1 aromatic heterocycles. The number of unbranched alkanes of at least 4 members (excludes halogenated alkanes) is 3. The van der Waals surface area contributed by atoms with E-state index in [1.54, 1.807) is 0 Å². The van der Waals surface area contributed by atoms with E-state index in [1.165, 1.54) is 22.0 Å². The van der Waals surface area contributed by atoms with Gasteiger partial charge >= 0.3 is 0 Å². The number of rotatable bonds is 9. The number of amides is 1. The van der Waals surface area contributed by atoms with Crippen molar-refractivity contribution in [3.05, 3.63) is 54.7 Å². The molecule has 0 radical (unpaired) electrons. The van der Waals surface area contributed by atoms with E-state index in [9.17, 15) is 4.79 Å². The van der Waals surface area contributed by atoms with Gasteiger partial charge in [0.15, 0.2) is 0 Å². The van der Waals surface area contributed by atoms with E-state index in [2.05, 4.69) is 71.7 Å². The Balaban J connectivity index is 1.42. The van der Waals surface area contributed by atoms with E-state index in [0.717, 1.165) is 31.5 Å².